The molecule has 0 unspecified atom stereocenters. The first-order chi connectivity index (χ1) is 9.78. The number of rotatable bonds is 6. The highest BCUT2D eigenvalue weighted by Gasteiger charge is 2.23. The zero-order valence-electron chi connectivity index (χ0n) is 11.0. The fraction of sp³-hybridized carbons (Fsp3) is 0.417. The molecule has 1 aliphatic rings. The Hall–Kier alpha value is -1.12. The van der Waals surface area contributed by atoms with Crippen molar-refractivity contribution in [1.82, 2.24) is 0 Å². The van der Waals surface area contributed by atoms with Crippen molar-refractivity contribution in [3.63, 3.8) is 0 Å². The molecule has 0 fully saturated rings. The molecular weight excluding hydrogens is 338 g/mol. The molecule has 0 atom stereocenters. The predicted molar refractivity (Wildman–Crippen MR) is 80.4 cm³/mol. The Morgan fingerprint density at radius 1 is 1.10 bits per heavy atom. The summed E-state index contributed by atoms with van der Waals surface area (Å²) in [7, 11) is -7.24. The Labute approximate surface area is 128 Å². The predicted octanol–water partition coefficient (Wildman–Crippen LogP) is 0.957. The van der Waals surface area contributed by atoms with Crippen LogP contribution in [0.1, 0.15) is 0 Å². The van der Waals surface area contributed by atoms with Crippen molar-refractivity contribution < 1.29 is 21.6 Å². The van der Waals surface area contributed by atoms with E-state index in [2.05, 4.69) is 4.99 Å². The quantitative estimate of drug-likeness (QED) is 0.761. The van der Waals surface area contributed by atoms with Crippen molar-refractivity contribution >= 4 is 37.2 Å². The maximum Gasteiger partial charge on any atom is 0.198 e. The molecule has 0 N–H and O–H groups in total. The molecule has 0 amide bonds. The van der Waals surface area contributed by atoms with Crippen LogP contribution in [0.4, 0.5) is 0 Å². The molecule has 1 aromatic rings. The summed E-state index contributed by atoms with van der Waals surface area (Å²) >= 11 is 5.69. The fourth-order valence-electron chi connectivity index (χ4n) is 1.72. The van der Waals surface area contributed by atoms with Gasteiger partial charge in [0, 0.05) is 5.02 Å². The Bertz CT molecular complexity index is 738. The summed E-state index contributed by atoms with van der Waals surface area (Å²) in [4.78, 5) is 3.94. The number of nitrogens with zero attached hydrogens (tertiary/aromatic N) is 1. The lowest BCUT2D eigenvalue weighted by atomic mass is 10.4. The van der Waals surface area contributed by atoms with Crippen LogP contribution in [-0.4, -0.2) is 53.1 Å². The molecule has 0 radical (unpaired) electrons. The number of ether oxygens (including phenoxy) is 1. The van der Waals surface area contributed by atoms with Gasteiger partial charge in [0.2, 0.25) is 0 Å². The van der Waals surface area contributed by atoms with Gasteiger partial charge in [-0.25, -0.2) is 16.8 Å². The summed E-state index contributed by atoms with van der Waals surface area (Å²) in [6.45, 7) is 0.807. The lowest BCUT2D eigenvalue weighted by Crippen LogP contribution is -2.24. The Kier molecular flexibility index (Phi) is 4.90. The highest BCUT2D eigenvalue weighted by atomic mass is 35.5. The number of aliphatic imine (C=N–C) groups is 1. The first kappa shape index (κ1) is 16.3. The molecule has 1 heterocycles. The molecule has 1 aliphatic heterocycles. The summed E-state index contributed by atoms with van der Waals surface area (Å²) in [5, 5.41) is 0.415. The molecule has 21 heavy (non-hydrogen) atoms. The van der Waals surface area contributed by atoms with Gasteiger partial charge in [0.1, 0.15) is 12.4 Å². The minimum Gasteiger partial charge on any atom is -0.478 e. The van der Waals surface area contributed by atoms with Gasteiger partial charge in [-0.1, -0.05) is 11.6 Å². The summed E-state index contributed by atoms with van der Waals surface area (Å²) in [5.41, 5.74) is 0. The fourth-order valence-corrected chi connectivity index (χ4v) is 5.22. The molecule has 0 saturated carbocycles. The van der Waals surface area contributed by atoms with Gasteiger partial charge in [-0.2, -0.15) is 0 Å². The second-order valence-corrected chi connectivity index (χ2v) is 9.22. The third kappa shape index (κ3) is 4.69. The Morgan fingerprint density at radius 3 is 2.33 bits per heavy atom. The molecule has 6 nitrogen and oxygen atoms in total. The maximum atomic E-state index is 12.1. The van der Waals surface area contributed by atoms with E-state index >= 15 is 0 Å². The highest BCUT2D eigenvalue weighted by Crippen LogP contribution is 2.16. The van der Waals surface area contributed by atoms with Gasteiger partial charge in [-0.3, -0.25) is 4.99 Å². The van der Waals surface area contributed by atoms with E-state index < -0.39 is 31.2 Å². The minimum atomic E-state index is -3.66. The molecule has 0 aliphatic carbocycles. The zero-order valence-corrected chi connectivity index (χ0v) is 13.4. The molecule has 0 spiro atoms. The minimum absolute atomic E-state index is 0.0524. The molecular formula is C12H14ClNO5S2. The van der Waals surface area contributed by atoms with Gasteiger partial charge < -0.3 is 4.74 Å². The van der Waals surface area contributed by atoms with Crippen molar-refractivity contribution in [1.29, 1.82) is 0 Å². The SMILES string of the molecule is O=S(=O)(CCS(=O)(=O)c1ccc(Cl)cc1)CC1=NCCO1. The second kappa shape index (κ2) is 6.33. The zero-order chi connectivity index (χ0) is 15.5. The van der Waals surface area contributed by atoms with Crippen LogP contribution in [0, 0.1) is 0 Å². The first-order valence-electron chi connectivity index (χ1n) is 6.13. The van der Waals surface area contributed by atoms with E-state index in [-0.39, 0.29) is 16.5 Å². The van der Waals surface area contributed by atoms with E-state index in [0.717, 1.165) is 0 Å². The van der Waals surface area contributed by atoms with Crippen LogP contribution in [0.15, 0.2) is 34.2 Å². The lowest BCUT2D eigenvalue weighted by Gasteiger charge is -2.06. The van der Waals surface area contributed by atoms with Crippen molar-refractivity contribution in [3.05, 3.63) is 29.3 Å². The Balaban J connectivity index is 2.02. The first-order valence-corrected chi connectivity index (χ1v) is 9.98. The normalized spacial score (nSPS) is 15.6. The molecule has 116 valence electrons. The van der Waals surface area contributed by atoms with Gasteiger partial charge >= 0.3 is 0 Å². The van der Waals surface area contributed by atoms with E-state index in [4.69, 9.17) is 16.3 Å². The summed E-state index contributed by atoms with van der Waals surface area (Å²) < 4.78 is 52.9. The average molecular weight is 352 g/mol. The van der Waals surface area contributed by atoms with E-state index in [1.165, 1.54) is 24.3 Å². The third-order valence-corrected chi connectivity index (χ3v) is 6.58. The largest absolute Gasteiger partial charge is 0.478 e. The number of sulfone groups is 2. The summed E-state index contributed by atoms with van der Waals surface area (Å²) in [6.07, 6.45) is 0. The molecule has 0 aromatic heterocycles. The Morgan fingerprint density at radius 2 is 1.76 bits per heavy atom. The van der Waals surface area contributed by atoms with E-state index in [1.54, 1.807) is 0 Å². The van der Waals surface area contributed by atoms with Crippen molar-refractivity contribution in [3.8, 4) is 0 Å². The molecule has 0 bridgehead atoms. The molecule has 1 aromatic carbocycles. The van der Waals surface area contributed by atoms with E-state index in [9.17, 15) is 16.8 Å². The summed E-state index contributed by atoms with van der Waals surface area (Å²) in [6, 6.07) is 5.61. The van der Waals surface area contributed by atoms with Crippen LogP contribution in [0.25, 0.3) is 0 Å². The third-order valence-electron chi connectivity index (χ3n) is 2.83. The number of benzene rings is 1. The molecule has 2 rings (SSSR count). The maximum absolute atomic E-state index is 12.1. The molecule has 9 heteroatoms. The van der Waals surface area contributed by atoms with E-state index in [0.29, 0.717) is 18.2 Å². The topological polar surface area (TPSA) is 89.9 Å². The van der Waals surface area contributed by atoms with Crippen LogP contribution in [-0.2, 0) is 24.4 Å². The van der Waals surface area contributed by atoms with Crippen LogP contribution in [0.2, 0.25) is 5.02 Å². The highest BCUT2D eigenvalue weighted by molar-refractivity contribution is 7.95. The standard InChI is InChI=1S/C12H14ClNO5S2/c13-10-1-3-11(4-2-10)21(17,18)8-7-20(15,16)9-12-14-5-6-19-12/h1-4H,5-9H2. The average Bonchev–Trinajstić information content (AvgIpc) is 2.89. The van der Waals surface area contributed by atoms with Gasteiger partial charge in [-0.05, 0) is 24.3 Å². The van der Waals surface area contributed by atoms with Crippen molar-refractivity contribution in [2.24, 2.45) is 4.99 Å². The number of halogens is 1. The molecule has 0 saturated heterocycles. The second-order valence-electron chi connectivity index (χ2n) is 4.49. The van der Waals surface area contributed by atoms with Gasteiger partial charge in [0.15, 0.2) is 25.6 Å². The van der Waals surface area contributed by atoms with Crippen LogP contribution in [0.5, 0.6) is 0 Å². The smallest absolute Gasteiger partial charge is 0.198 e. The van der Waals surface area contributed by atoms with Crippen LogP contribution < -0.4 is 0 Å². The van der Waals surface area contributed by atoms with Crippen molar-refractivity contribution in [2.75, 3.05) is 30.4 Å². The van der Waals surface area contributed by atoms with E-state index in [1.807, 2.05) is 0 Å². The number of hydrogen-bond acceptors (Lipinski definition) is 6. The lowest BCUT2D eigenvalue weighted by molar-refractivity contribution is 0.345. The van der Waals surface area contributed by atoms with Gasteiger partial charge in [0.05, 0.1) is 22.9 Å². The number of hydrogen-bond donors (Lipinski definition) is 0. The monoisotopic (exact) mass is 351 g/mol. The van der Waals surface area contributed by atoms with Gasteiger partial charge in [0.25, 0.3) is 0 Å². The van der Waals surface area contributed by atoms with Crippen LogP contribution >= 0.6 is 11.6 Å². The van der Waals surface area contributed by atoms with Gasteiger partial charge in [-0.15, -0.1) is 0 Å². The van der Waals surface area contributed by atoms with Crippen LogP contribution in [0.3, 0.4) is 0 Å². The summed E-state index contributed by atoms with van der Waals surface area (Å²) in [5.74, 6) is -1.16. The van der Waals surface area contributed by atoms with Crippen molar-refractivity contribution in [2.45, 2.75) is 4.90 Å².